The number of aromatic nitrogens is 2. The van der Waals surface area contributed by atoms with Gasteiger partial charge in [0.25, 0.3) is 0 Å². The van der Waals surface area contributed by atoms with E-state index >= 15 is 0 Å². The summed E-state index contributed by atoms with van der Waals surface area (Å²) in [4.78, 5) is 14.8. The molecule has 2 rings (SSSR count). The molecule has 0 unspecified atom stereocenters. The second kappa shape index (κ2) is 5.59. The van der Waals surface area contributed by atoms with E-state index in [1.54, 1.807) is 18.3 Å². The molecule has 0 saturated heterocycles. The summed E-state index contributed by atoms with van der Waals surface area (Å²) in [6, 6.07) is 9.14. The first-order chi connectivity index (χ1) is 9.11. The van der Waals surface area contributed by atoms with Crippen molar-refractivity contribution in [3.8, 4) is 11.8 Å². The van der Waals surface area contributed by atoms with Crippen molar-refractivity contribution in [2.75, 3.05) is 5.75 Å². The monoisotopic (exact) mass is 273 g/mol. The van der Waals surface area contributed by atoms with E-state index < -0.39 is 5.97 Å². The fourth-order valence-corrected chi connectivity index (χ4v) is 2.40. The highest BCUT2D eigenvalue weighted by Crippen LogP contribution is 2.23. The van der Waals surface area contributed by atoms with Crippen LogP contribution in [0.5, 0.6) is 0 Å². The fourth-order valence-electron chi connectivity index (χ4n) is 1.64. The summed E-state index contributed by atoms with van der Waals surface area (Å²) in [5, 5.41) is 18.1. The van der Waals surface area contributed by atoms with Crippen molar-refractivity contribution in [1.82, 2.24) is 9.55 Å². The topological polar surface area (TPSA) is 78.9 Å². The van der Waals surface area contributed by atoms with E-state index in [1.807, 2.05) is 23.6 Å². The maximum absolute atomic E-state index is 10.6. The normalized spacial score (nSPS) is 10.1. The molecule has 0 aliphatic carbocycles. The third kappa shape index (κ3) is 2.95. The molecule has 0 bridgehead atoms. The summed E-state index contributed by atoms with van der Waals surface area (Å²) in [6.45, 7) is 1.90. The Bertz CT molecular complexity index is 641. The van der Waals surface area contributed by atoms with Crippen molar-refractivity contribution in [1.29, 1.82) is 5.26 Å². The number of rotatable bonds is 4. The molecule has 0 fully saturated rings. The van der Waals surface area contributed by atoms with E-state index in [4.69, 9.17) is 10.4 Å². The molecule has 96 valence electrons. The van der Waals surface area contributed by atoms with Gasteiger partial charge in [0.2, 0.25) is 0 Å². The molecule has 1 N–H and O–H groups in total. The quantitative estimate of drug-likeness (QED) is 0.864. The van der Waals surface area contributed by atoms with Crippen LogP contribution >= 0.6 is 11.8 Å². The zero-order valence-electron chi connectivity index (χ0n) is 10.2. The number of benzene rings is 1. The number of hydrogen-bond donors (Lipinski definition) is 1. The molecule has 0 radical (unpaired) electrons. The number of carboxylic acid groups (broad SMARTS) is 1. The van der Waals surface area contributed by atoms with Crippen LogP contribution in [-0.4, -0.2) is 26.4 Å². The lowest BCUT2D eigenvalue weighted by Crippen LogP contribution is -2.02. The molecule has 19 heavy (non-hydrogen) atoms. The smallest absolute Gasteiger partial charge is 0.313 e. The van der Waals surface area contributed by atoms with E-state index in [2.05, 4.69) is 11.1 Å². The lowest BCUT2D eigenvalue weighted by atomic mass is 10.2. The number of thioether (sulfide) groups is 1. The minimum Gasteiger partial charge on any atom is -0.481 e. The summed E-state index contributed by atoms with van der Waals surface area (Å²) < 4.78 is 1.87. The van der Waals surface area contributed by atoms with Crippen molar-refractivity contribution >= 4 is 17.7 Å². The van der Waals surface area contributed by atoms with Crippen LogP contribution in [0.1, 0.15) is 11.3 Å². The Hall–Kier alpha value is -2.26. The van der Waals surface area contributed by atoms with E-state index in [-0.39, 0.29) is 5.75 Å². The third-order valence-corrected chi connectivity index (χ3v) is 3.42. The summed E-state index contributed by atoms with van der Waals surface area (Å²) in [5.74, 6) is -0.913. The van der Waals surface area contributed by atoms with Crippen molar-refractivity contribution in [3.63, 3.8) is 0 Å². The third-order valence-electron chi connectivity index (χ3n) is 2.49. The highest BCUT2D eigenvalue weighted by atomic mass is 32.2. The minimum absolute atomic E-state index is 0.0350. The Balaban J connectivity index is 2.34. The largest absolute Gasteiger partial charge is 0.481 e. The van der Waals surface area contributed by atoms with Gasteiger partial charge in [0.1, 0.15) is 0 Å². The lowest BCUT2D eigenvalue weighted by Gasteiger charge is -2.09. The van der Waals surface area contributed by atoms with Crippen molar-refractivity contribution in [2.24, 2.45) is 0 Å². The van der Waals surface area contributed by atoms with Gasteiger partial charge in [-0.3, -0.25) is 9.36 Å². The number of carboxylic acids is 1. The molecule has 5 nitrogen and oxygen atoms in total. The Kier molecular flexibility index (Phi) is 3.88. The van der Waals surface area contributed by atoms with Gasteiger partial charge in [-0.1, -0.05) is 11.8 Å². The zero-order chi connectivity index (χ0) is 13.8. The summed E-state index contributed by atoms with van der Waals surface area (Å²) in [5.41, 5.74) is 2.36. The molecule has 0 aliphatic rings. The first-order valence-electron chi connectivity index (χ1n) is 5.51. The Morgan fingerprint density at radius 1 is 1.47 bits per heavy atom. The van der Waals surface area contributed by atoms with Gasteiger partial charge in [-0.05, 0) is 31.2 Å². The molecular formula is C13H11N3O2S. The van der Waals surface area contributed by atoms with E-state index in [1.165, 1.54) is 11.8 Å². The van der Waals surface area contributed by atoms with Gasteiger partial charge < -0.3 is 5.11 Å². The van der Waals surface area contributed by atoms with E-state index in [0.29, 0.717) is 10.7 Å². The first kappa shape index (κ1) is 13.2. The van der Waals surface area contributed by atoms with Crippen LogP contribution in [0.25, 0.3) is 5.69 Å². The predicted octanol–water partition coefficient (Wildman–Crippen LogP) is 2.23. The second-order valence-corrected chi connectivity index (χ2v) is 4.80. The van der Waals surface area contributed by atoms with Gasteiger partial charge in [-0.2, -0.15) is 5.26 Å². The maximum Gasteiger partial charge on any atom is 0.313 e. The number of hydrogen-bond acceptors (Lipinski definition) is 4. The average Bonchev–Trinajstić information content (AvgIpc) is 2.78. The van der Waals surface area contributed by atoms with Crippen molar-refractivity contribution < 1.29 is 9.90 Å². The molecule has 0 spiro atoms. The molecular weight excluding hydrogens is 262 g/mol. The van der Waals surface area contributed by atoms with Crippen LogP contribution in [0.3, 0.4) is 0 Å². The maximum atomic E-state index is 10.6. The van der Waals surface area contributed by atoms with Crippen LogP contribution in [0.4, 0.5) is 0 Å². The number of nitrogens with zero attached hydrogens (tertiary/aromatic N) is 3. The molecule has 6 heteroatoms. The molecule has 0 atom stereocenters. The van der Waals surface area contributed by atoms with Crippen molar-refractivity contribution in [3.05, 3.63) is 41.7 Å². The van der Waals surface area contributed by atoms with Crippen LogP contribution < -0.4 is 0 Å². The predicted molar refractivity (Wildman–Crippen MR) is 71.4 cm³/mol. The van der Waals surface area contributed by atoms with Gasteiger partial charge in [0.05, 0.1) is 17.4 Å². The summed E-state index contributed by atoms with van der Waals surface area (Å²) >= 11 is 1.17. The van der Waals surface area contributed by atoms with Crippen LogP contribution in [-0.2, 0) is 4.79 Å². The van der Waals surface area contributed by atoms with Gasteiger partial charge in [-0.25, -0.2) is 4.98 Å². The average molecular weight is 273 g/mol. The van der Waals surface area contributed by atoms with E-state index in [0.717, 1.165) is 11.4 Å². The van der Waals surface area contributed by atoms with Crippen LogP contribution in [0.15, 0.2) is 35.6 Å². The number of nitriles is 1. The van der Waals surface area contributed by atoms with Crippen molar-refractivity contribution in [2.45, 2.75) is 12.1 Å². The number of aryl methyl sites for hydroxylation is 1. The minimum atomic E-state index is -0.878. The van der Waals surface area contributed by atoms with Gasteiger partial charge >= 0.3 is 5.97 Å². The molecule has 0 aliphatic heterocycles. The Labute approximate surface area is 114 Å². The molecule has 1 aromatic carbocycles. The zero-order valence-corrected chi connectivity index (χ0v) is 11.0. The van der Waals surface area contributed by atoms with Gasteiger partial charge in [0.15, 0.2) is 5.16 Å². The van der Waals surface area contributed by atoms with Crippen LogP contribution in [0.2, 0.25) is 0 Å². The number of imidazole rings is 1. The highest BCUT2D eigenvalue weighted by molar-refractivity contribution is 7.99. The number of aliphatic carboxylic acids is 1. The highest BCUT2D eigenvalue weighted by Gasteiger charge is 2.11. The fraction of sp³-hybridized carbons (Fsp3) is 0.154. The van der Waals surface area contributed by atoms with E-state index in [9.17, 15) is 4.79 Å². The number of carbonyl (C=O) groups is 1. The first-order valence-corrected chi connectivity index (χ1v) is 6.50. The second-order valence-electron chi connectivity index (χ2n) is 3.86. The molecule has 2 aromatic rings. The molecule has 0 saturated carbocycles. The summed E-state index contributed by atoms with van der Waals surface area (Å²) in [7, 11) is 0. The summed E-state index contributed by atoms with van der Waals surface area (Å²) in [6.07, 6.45) is 1.70. The Morgan fingerprint density at radius 2 is 2.16 bits per heavy atom. The van der Waals surface area contributed by atoms with Gasteiger partial charge in [0, 0.05) is 17.6 Å². The SMILES string of the molecule is Cc1cnc(SCC(=O)O)n1-c1ccc(C#N)cc1. The Morgan fingerprint density at radius 3 is 2.74 bits per heavy atom. The molecule has 1 heterocycles. The molecule has 0 amide bonds. The standard InChI is InChI=1S/C13H11N3O2S/c1-9-7-15-13(19-8-12(17)18)16(9)11-4-2-10(6-14)3-5-11/h2-5,7H,8H2,1H3,(H,17,18). The molecule has 1 aromatic heterocycles. The van der Waals surface area contributed by atoms with Crippen LogP contribution in [0, 0.1) is 18.3 Å². The lowest BCUT2D eigenvalue weighted by molar-refractivity contribution is -0.133. The van der Waals surface area contributed by atoms with Gasteiger partial charge in [-0.15, -0.1) is 0 Å².